The lowest BCUT2D eigenvalue weighted by Gasteiger charge is -2.49. The first kappa shape index (κ1) is 28.6. The van der Waals surface area contributed by atoms with Gasteiger partial charge in [-0.05, 0) is 32.9 Å². The first-order valence-corrected chi connectivity index (χ1v) is 12.8. The zero-order valence-corrected chi connectivity index (χ0v) is 21.3. The predicted molar refractivity (Wildman–Crippen MR) is 131 cm³/mol. The number of amides is 1. The van der Waals surface area contributed by atoms with Gasteiger partial charge in [0.25, 0.3) is 0 Å². The van der Waals surface area contributed by atoms with Crippen LogP contribution in [0.4, 0.5) is 0 Å². The number of hydrogen-bond donors (Lipinski definition) is 9. The van der Waals surface area contributed by atoms with Gasteiger partial charge in [-0.15, -0.1) is 0 Å². The monoisotopic (exact) mass is 530 g/mol. The van der Waals surface area contributed by atoms with Crippen molar-refractivity contribution in [2.45, 2.75) is 92.6 Å². The molecule has 0 aromatic rings. The molecule has 14 heteroatoms. The van der Waals surface area contributed by atoms with E-state index in [4.69, 9.17) is 30.4 Å². The lowest BCUT2D eigenvalue weighted by Crippen LogP contribution is -2.69. The number of rotatable bonds is 10. The van der Waals surface area contributed by atoms with Gasteiger partial charge < -0.3 is 67.0 Å². The number of hydrogen-bond acceptors (Lipinski definition) is 13. The average Bonchev–Trinajstić information content (AvgIpc) is 2.83. The summed E-state index contributed by atoms with van der Waals surface area (Å²) in [7, 11) is 1.61. The largest absolute Gasteiger partial charge is 0.467 e. The van der Waals surface area contributed by atoms with Gasteiger partial charge in [0, 0.05) is 25.2 Å². The van der Waals surface area contributed by atoms with Crippen LogP contribution in [0.2, 0.25) is 0 Å². The van der Waals surface area contributed by atoms with Gasteiger partial charge in [-0.25, -0.2) is 0 Å². The molecule has 37 heavy (non-hydrogen) atoms. The Labute approximate surface area is 216 Å². The van der Waals surface area contributed by atoms with E-state index in [2.05, 4.69) is 21.3 Å². The molecule has 11 atom stereocenters. The molecule has 0 aromatic heterocycles. The molecule has 212 valence electrons. The second-order valence-electron chi connectivity index (χ2n) is 10.5. The van der Waals surface area contributed by atoms with Gasteiger partial charge in [-0.2, -0.15) is 0 Å². The van der Waals surface area contributed by atoms with Crippen LogP contribution in [0.3, 0.4) is 0 Å². The van der Waals surface area contributed by atoms with E-state index in [9.17, 15) is 20.1 Å². The highest BCUT2D eigenvalue weighted by Crippen LogP contribution is 2.32. The molecule has 1 aliphatic carbocycles. The quantitative estimate of drug-likeness (QED) is 0.122. The van der Waals surface area contributed by atoms with Crippen LogP contribution in [-0.2, 0) is 23.7 Å². The fraction of sp³-hybridized carbons (Fsp3) is 0.870. The van der Waals surface area contributed by atoms with E-state index in [1.807, 2.05) is 6.08 Å². The van der Waals surface area contributed by atoms with E-state index in [1.54, 1.807) is 14.0 Å². The maximum Gasteiger partial charge on any atom is 0.215 e. The first-order chi connectivity index (χ1) is 17.7. The standard InChI is InChI=1S/C23H42N6O8/c1-23(33)9-34-22(17(32)20(23)26-2)37-19-15(28-10-30)5-13(25)18(16(19)31)36-21-14(29-11-7-27-8-11)4-3-12(6-24)35-21/h3,10-11,13-22,26-27,29,31-33H,4-9,24-25H2,1-2H3,(H,28,30)/t13-,14+,15+,16-,17+,18?,19-,20+,21+,22+,23-/m0/s1. The molecule has 1 saturated carbocycles. The molecule has 14 nitrogen and oxygen atoms in total. The lowest BCUT2D eigenvalue weighted by atomic mass is 9.83. The third-order valence-corrected chi connectivity index (χ3v) is 7.65. The van der Waals surface area contributed by atoms with E-state index in [0.717, 1.165) is 13.1 Å². The van der Waals surface area contributed by atoms with Crippen molar-refractivity contribution in [2.75, 3.05) is 33.3 Å². The Morgan fingerprint density at radius 3 is 2.57 bits per heavy atom. The fourth-order valence-corrected chi connectivity index (χ4v) is 5.48. The van der Waals surface area contributed by atoms with Crippen LogP contribution in [0.25, 0.3) is 0 Å². The van der Waals surface area contributed by atoms with Crippen LogP contribution >= 0.6 is 0 Å². The average molecular weight is 531 g/mol. The number of aliphatic hydroxyl groups is 3. The second kappa shape index (κ2) is 12.2. The van der Waals surface area contributed by atoms with Crippen LogP contribution in [0, 0.1) is 0 Å². The minimum Gasteiger partial charge on any atom is -0.467 e. The second-order valence-corrected chi connectivity index (χ2v) is 10.5. The zero-order valence-electron chi connectivity index (χ0n) is 21.3. The number of aliphatic hydroxyl groups excluding tert-OH is 2. The number of carbonyl (C=O) groups is 1. The Balaban J connectivity index is 1.49. The van der Waals surface area contributed by atoms with Crippen molar-refractivity contribution in [1.29, 1.82) is 0 Å². The highest BCUT2D eigenvalue weighted by molar-refractivity contribution is 5.47. The summed E-state index contributed by atoms with van der Waals surface area (Å²) in [5, 5.41) is 45.0. The molecule has 4 aliphatic rings. The molecule has 1 unspecified atom stereocenters. The lowest BCUT2D eigenvalue weighted by molar-refractivity contribution is -0.304. The number of likely N-dealkylation sites (N-methyl/N-ethyl adjacent to an activating group) is 1. The number of nitrogens with one attached hydrogen (secondary N) is 4. The Bertz CT molecular complexity index is 801. The minimum absolute atomic E-state index is 0.109. The van der Waals surface area contributed by atoms with E-state index in [-0.39, 0.29) is 31.7 Å². The van der Waals surface area contributed by atoms with Crippen LogP contribution < -0.4 is 32.7 Å². The Kier molecular flexibility index (Phi) is 9.40. The summed E-state index contributed by atoms with van der Waals surface area (Å²) in [6.45, 7) is 3.31. The molecule has 3 heterocycles. The fourth-order valence-electron chi connectivity index (χ4n) is 5.48. The highest BCUT2D eigenvalue weighted by Gasteiger charge is 2.51. The Morgan fingerprint density at radius 2 is 1.95 bits per heavy atom. The van der Waals surface area contributed by atoms with Crippen LogP contribution in [0.15, 0.2) is 11.8 Å². The third kappa shape index (κ3) is 6.25. The van der Waals surface area contributed by atoms with Crippen LogP contribution in [0.5, 0.6) is 0 Å². The molecule has 11 N–H and O–H groups in total. The number of carbonyl (C=O) groups excluding carboxylic acids is 1. The van der Waals surface area contributed by atoms with Gasteiger partial charge in [-0.3, -0.25) is 4.79 Å². The molecule has 0 aromatic carbocycles. The van der Waals surface area contributed by atoms with Crippen molar-refractivity contribution in [3.05, 3.63) is 11.8 Å². The molecule has 0 spiro atoms. The topological polar surface area (TPSA) is 215 Å². The SMILES string of the molecule is CN[C@@H]1[C@@H](O)[C@@H](O[C@H]2[C@H](NC=O)C[C@H](N)C(O[C@H]3OC(CN)=CC[C@H]3NC3CNC3)[C@@H]2O)OC[C@]1(C)O. The molecule has 0 radical (unpaired) electrons. The van der Waals surface area contributed by atoms with Crippen molar-refractivity contribution in [3.63, 3.8) is 0 Å². The third-order valence-electron chi connectivity index (χ3n) is 7.65. The van der Waals surface area contributed by atoms with Crippen molar-refractivity contribution in [1.82, 2.24) is 21.3 Å². The normalized spacial score (nSPS) is 44.9. The summed E-state index contributed by atoms with van der Waals surface area (Å²) in [5.41, 5.74) is 10.9. The summed E-state index contributed by atoms with van der Waals surface area (Å²) in [6, 6.07) is -1.98. The molecule has 4 rings (SSSR count). The summed E-state index contributed by atoms with van der Waals surface area (Å²) in [4.78, 5) is 11.3. The number of nitrogens with two attached hydrogens (primary N) is 2. The van der Waals surface area contributed by atoms with E-state index >= 15 is 0 Å². The molecular formula is C23H42N6O8. The summed E-state index contributed by atoms with van der Waals surface area (Å²) in [5.74, 6) is 0.589. The van der Waals surface area contributed by atoms with Crippen LogP contribution in [-0.4, -0.2) is 128 Å². The van der Waals surface area contributed by atoms with Crippen LogP contribution in [0.1, 0.15) is 19.8 Å². The molecule has 1 amide bonds. The molecule has 0 bridgehead atoms. The van der Waals surface area contributed by atoms with Crippen molar-refractivity contribution in [3.8, 4) is 0 Å². The zero-order chi connectivity index (χ0) is 26.7. The van der Waals surface area contributed by atoms with E-state index < -0.39 is 60.7 Å². The minimum atomic E-state index is -1.34. The van der Waals surface area contributed by atoms with Gasteiger partial charge in [0.2, 0.25) is 12.7 Å². The van der Waals surface area contributed by atoms with Crippen molar-refractivity contribution in [2.24, 2.45) is 11.5 Å². The van der Waals surface area contributed by atoms with Gasteiger partial charge >= 0.3 is 0 Å². The van der Waals surface area contributed by atoms with Crippen molar-refractivity contribution >= 4 is 6.41 Å². The number of ether oxygens (including phenoxy) is 4. The molecular weight excluding hydrogens is 488 g/mol. The summed E-state index contributed by atoms with van der Waals surface area (Å²) < 4.78 is 23.9. The molecule has 3 aliphatic heterocycles. The van der Waals surface area contributed by atoms with Gasteiger partial charge in [0.1, 0.15) is 35.8 Å². The van der Waals surface area contributed by atoms with E-state index in [0.29, 0.717) is 18.6 Å². The maximum absolute atomic E-state index is 11.4. The predicted octanol–water partition coefficient (Wildman–Crippen LogP) is -4.46. The smallest absolute Gasteiger partial charge is 0.215 e. The molecule has 3 fully saturated rings. The van der Waals surface area contributed by atoms with E-state index in [1.165, 1.54) is 0 Å². The van der Waals surface area contributed by atoms with Crippen molar-refractivity contribution < 1.29 is 39.1 Å². The maximum atomic E-state index is 11.4. The Morgan fingerprint density at radius 1 is 1.22 bits per heavy atom. The highest BCUT2D eigenvalue weighted by atomic mass is 16.7. The Hall–Kier alpha value is -1.43. The summed E-state index contributed by atoms with van der Waals surface area (Å²) >= 11 is 0. The van der Waals surface area contributed by atoms with Gasteiger partial charge in [-0.1, -0.05) is 0 Å². The summed E-state index contributed by atoms with van der Waals surface area (Å²) in [6.07, 6.45) is -3.12. The molecule has 2 saturated heterocycles. The first-order valence-electron chi connectivity index (χ1n) is 12.8. The van der Waals surface area contributed by atoms with Gasteiger partial charge in [0.15, 0.2) is 6.29 Å². The van der Waals surface area contributed by atoms with Gasteiger partial charge in [0.05, 0.1) is 31.3 Å².